The summed E-state index contributed by atoms with van der Waals surface area (Å²) in [6, 6.07) is 15.6. The molecule has 3 aromatic heterocycles. The molecule has 0 bridgehead atoms. The van der Waals surface area contributed by atoms with Gasteiger partial charge in [0.2, 0.25) is 0 Å². The quantitative estimate of drug-likeness (QED) is 0.313. The highest BCUT2D eigenvalue weighted by Gasteiger charge is 2.21. The van der Waals surface area contributed by atoms with Gasteiger partial charge in [-0.25, -0.2) is 4.98 Å². The maximum absolute atomic E-state index is 6.50. The number of nitrogen functional groups attached to an aromatic ring is 1. The Morgan fingerprint density at radius 1 is 1.03 bits per heavy atom. The summed E-state index contributed by atoms with van der Waals surface area (Å²) < 4.78 is 2.68. The van der Waals surface area contributed by atoms with E-state index in [1.54, 1.807) is 4.52 Å². The molecule has 31 heavy (non-hydrogen) atoms. The topological polar surface area (TPSA) is 82.0 Å². The van der Waals surface area contributed by atoms with E-state index in [1.165, 1.54) is 11.3 Å². The Morgan fingerprint density at radius 2 is 1.74 bits per heavy atom. The molecule has 0 unspecified atom stereocenters. The number of anilines is 1. The Hall–Kier alpha value is -2.81. The van der Waals surface area contributed by atoms with E-state index in [-0.39, 0.29) is 0 Å². The van der Waals surface area contributed by atoms with Crippen molar-refractivity contribution in [2.75, 3.05) is 5.73 Å². The molecule has 0 radical (unpaired) electrons. The van der Waals surface area contributed by atoms with Gasteiger partial charge in [0.1, 0.15) is 5.01 Å². The predicted molar refractivity (Wildman–Crippen MR) is 129 cm³/mol. The molecule has 0 spiro atoms. The summed E-state index contributed by atoms with van der Waals surface area (Å²) >= 11 is 11.0. The predicted octanol–water partition coefficient (Wildman–Crippen LogP) is 6.14. The number of aryl methyl sites for hydroxylation is 1. The lowest BCUT2D eigenvalue weighted by Crippen LogP contribution is -2.05. The van der Waals surface area contributed by atoms with Crippen LogP contribution in [0.1, 0.15) is 12.6 Å². The molecule has 6 nitrogen and oxygen atoms in total. The van der Waals surface area contributed by atoms with Crippen LogP contribution in [-0.4, -0.2) is 24.8 Å². The summed E-state index contributed by atoms with van der Waals surface area (Å²) in [7, 11) is 0. The van der Waals surface area contributed by atoms with Crippen molar-refractivity contribution < 1.29 is 0 Å². The van der Waals surface area contributed by atoms with Crippen molar-refractivity contribution in [3.05, 3.63) is 69.1 Å². The van der Waals surface area contributed by atoms with E-state index in [0.717, 1.165) is 39.0 Å². The zero-order chi connectivity index (χ0) is 21.5. The zero-order valence-electron chi connectivity index (χ0n) is 16.4. The maximum atomic E-state index is 6.50. The van der Waals surface area contributed by atoms with Gasteiger partial charge in [0, 0.05) is 20.4 Å². The Bertz CT molecular complexity index is 1390. The first-order valence-electron chi connectivity index (χ1n) is 9.56. The highest BCUT2D eigenvalue weighted by atomic mass is 79.9. The van der Waals surface area contributed by atoms with Crippen molar-refractivity contribution in [3.63, 3.8) is 0 Å². The minimum absolute atomic E-state index is 0.414. The molecule has 0 saturated heterocycles. The van der Waals surface area contributed by atoms with E-state index in [9.17, 15) is 0 Å². The second kappa shape index (κ2) is 8.03. The number of nitrogens with zero attached hydrogens (tertiary/aromatic N) is 5. The number of halogens is 2. The number of aromatic nitrogens is 5. The number of hydrogen-bond donors (Lipinski definition) is 1. The van der Waals surface area contributed by atoms with Gasteiger partial charge in [0.05, 0.1) is 17.0 Å². The third-order valence-corrected chi connectivity index (χ3v) is 6.59. The highest BCUT2D eigenvalue weighted by Crippen LogP contribution is 2.34. The minimum atomic E-state index is 0.414. The van der Waals surface area contributed by atoms with E-state index >= 15 is 0 Å². The fourth-order valence-electron chi connectivity index (χ4n) is 3.41. The molecule has 2 N–H and O–H groups in total. The smallest absolute Gasteiger partial charge is 0.187 e. The molecular weight excluding hydrogens is 496 g/mol. The average molecular weight is 512 g/mol. The SMILES string of the molecule is CCc1nn2c(N)c(-c3nc(-c4ccc(Br)cc4)cs3)nnc2c1-c1ccc(Cl)cc1. The summed E-state index contributed by atoms with van der Waals surface area (Å²) in [4.78, 5) is 4.73. The summed E-state index contributed by atoms with van der Waals surface area (Å²) in [6.45, 7) is 2.05. The molecule has 0 aliphatic rings. The number of thiazole rings is 1. The van der Waals surface area contributed by atoms with E-state index in [4.69, 9.17) is 27.4 Å². The first-order valence-corrected chi connectivity index (χ1v) is 11.6. The van der Waals surface area contributed by atoms with Crippen LogP contribution >= 0.6 is 38.9 Å². The van der Waals surface area contributed by atoms with Crippen LogP contribution in [0.5, 0.6) is 0 Å². The van der Waals surface area contributed by atoms with E-state index in [0.29, 0.717) is 27.2 Å². The van der Waals surface area contributed by atoms with Gasteiger partial charge in [-0.2, -0.15) is 9.61 Å². The van der Waals surface area contributed by atoms with Gasteiger partial charge in [0.15, 0.2) is 17.2 Å². The first kappa shape index (κ1) is 20.1. The highest BCUT2D eigenvalue weighted by molar-refractivity contribution is 9.10. The molecule has 9 heteroatoms. The lowest BCUT2D eigenvalue weighted by molar-refractivity contribution is 0.872. The monoisotopic (exact) mass is 510 g/mol. The minimum Gasteiger partial charge on any atom is -0.382 e. The maximum Gasteiger partial charge on any atom is 0.187 e. The lowest BCUT2D eigenvalue weighted by atomic mass is 10.0. The average Bonchev–Trinajstić information content (AvgIpc) is 3.41. The number of hydrogen-bond acceptors (Lipinski definition) is 6. The summed E-state index contributed by atoms with van der Waals surface area (Å²) in [5.74, 6) is 0.414. The van der Waals surface area contributed by atoms with Gasteiger partial charge in [-0.3, -0.25) is 0 Å². The van der Waals surface area contributed by atoms with Gasteiger partial charge >= 0.3 is 0 Å². The van der Waals surface area contributed by atoms with E-state index < -0.39 is 0 Å². The molecule has 2 aromatic carbocycles. The lowest BCUT2D eigenvalue weighted by Gasteiger charge is -2.04. The van der Waals surface area contributed by atoms with Crippen molar-refractivity contribution >= 4 is 50.3 Å². The third-order valence-electron chi connectivity index (χ3n) is 4.96. The summed E-state index contributed by atoms with van der Waals surface area (Å²) in [6.07, 6.45) is 0.737. The Balaban J connectivity index is 1.61. The van der Waals surface area contributed by atoms with Crippen LogP contribution in [0.4, 0.5) is 5.82 Å². The van der Waals surface area contributed by atoms with Crippen LogP contribution in [0.3, 0.4) is 0 Å². The molecule has 3 heterocycles. The van der Waals surface area contributed by atoms with Crippen LogP contribution in [0, 0.1) is 0 Å². The van der Waals surface area contributed by atoms with Crippen molar-refractivity contribution in [2.24, 2.45) is 0 Å². The van der Waals surface area contributed by atoms with Gasteiger partial charge in [-0.15, -0.1) is 21.5 Å². The third kappa shape index (κ3) is 3.60. The first-order chi connectivity index (χ1) is 15.0. The molecule has 154 valence electrons. The second-order valence-electron chi connectivity index (χ2n) is 6.90. The number of rotatable bonds is 4. The Kier molecular flexibility index (Phi) is 5.21. The summed E-state index contributed by atoms with van der Waals surface area (Å²) in [5, 5.41) is 17.0. The van der Waals surface area contributed by atoms with Crippen LogP contribution in [0.25, 0.3) is 38.7 Å². The summed E-state index contributed by atoms with van der Waals surface area (Å²) in [5.41, 5.74) is 12.3. The van der Waals surface area contributed by atoms with Crippen LogP contribution in [0.2, 0.25) is 5.02 Å². The normalized spacial score (nSPS) is 11.3. The molecule has 5 aromatic rings. The van der Waals surface area contributed by atoms with Crippen molar-refractivity contribution in [3.8, 4) is 33.1 Å². The number of nitrogens with two attached hydrogens (primary N) is 1. The van der Waals surface area contributed by atoms with E-state index in [2.05, 4.69) is 33.1 Å². The van der Waals surface area contributed by atoms with Gasteiger partial charge < -0.3 is 5.73 Å². The fraction of sp³-hybridized carbons (Fsp3) is 0.0909. The van der Waals surface area contributed by atoms with Crippen molar-refractivity contribution in [1.29, 1.82) is 0 Å². The number of benzene rings is 2. The van der Waals surface area contributed by atoms with E-state index in [1.807, 2.05) is 53.9 Å². The second-order valence-corrected chi connectivity index (χ2v) is 9.11. The van der Waals surface area contributed by atoms with Crippen molar-refractivity contribution in [2.45, 2.75) is 13.3 Å². The van der Waals surface area contributed by atoms with Crippen LogP contribution in [-0.2, 0) is 6.42 Å². The molecule has 0 aliphatic carbocycles. The molecule has 0 aliphatic heterocycles. The molecule has 0 atom stereocenters. The van der Waals surface area contributed by atoms with Gasteiger partial charge in [-0.1, -0.05) is 58.7 Å². The van der Waals surface area contributed by atoms with Crippen LogP contribution < -0.4 is 5.73 Å². The fourth-order valence-corrected chi connectivity index (χ4v) is 4.62. The van der Waals surface area contributed by atoms with Crippen LogP contribution in [0.15, 0.2) is 58.4 Å². The number of fused-ring (bicyclic) bond motifs is 1. The Labute approximate surface area is 195 Å². The molecule has 0 fully saturated rings. The van der Waals surface area contributed by atoms with Crippen molar-refractivity contribution in [1.82, 2.24) is 24.8 Å². The Morgan fingerprint density at radius 3 is 2.45 bits per heavy atom. The molecular formula is C22H16BrClN6S. The largest absolute Gasteiger partial charge is 0.382 e. The van der Waals surface area contributed by atoms with Gasteiger partial charge in [0.25, 0.3) is 0 Å². The zero-order valence-corrected chi connectivity index (χ0v) is 19.5. The van der Waals surface area contributed by atoms with Gasteiger partial charge in [-0.05, 0) is 36.2 Å². The standard InChI is InChI=1S/C22H16BrClN6S/c1-2-16-18(13-5-9-15(24)10-6-13)21-28-27-19(20(25)30(21)29-16)22-26-17(11-31-22)12-3-7-14(23)8-4-12/h3-11H,2,25H2,1H3. The molecule has 5 rings (SSSR count). The molecule has 0 amide bonds. The molecule has 0 saturated carbocycles.